The number of hydrogen-bond acceptors (Lipinski definition) is 3. The van der Waals surface area contributed by atoms with E-state index in [9.17, 15) is 13.6 Å². The van der Waals surface area contributed by atoms with Gasteiger partial charge in [-0.3, -0.25) is 4.79 Å². The van der Waals surface area contributed by atoms with Crippen LogP contribution >= 0.6 is 11.6 Å². The molecule has 22 heavy (non-hydrogen) atoms. The van der Waals surface area contributed by atoms with Gasteiger partial charge in [-0.2, -0.15) is 0 Å². The number of nitrogen functional groups attached to an aromatic ring is 1. The van der Waals surface area contributed by atoms with Crippen molar-refractivity contribution in [3.8, 4) is 0 Å². The van der Waals surface area contributed by atoms with E-state index in [1.54, 1.807) is 6.92 Å². The van der Waals surface area contributed by atoms with E-state index in [-0.39, 0.29) is 11.3 Å². The van der Waals surface area contributed by atoms with Gasteiger partial charge < -0.3 is 10.7 Å². The van der Waals surface area contributed by atoms with E-state index >= 15 is 0 Å². The number of carbonyl (C=O) groups excluding carboxylic acids is 1. The number of nitrogens with zero attached hydrogens (tertiary/aromatic N) is 1. The highest BCUT2D eigenvalue weighted by Crippen LogP contribution is 2.29. The summed E-state index contributed by atoms with van der Waals surface area (Å²) < 4.78 is 27.9. The van der Waals surface area contributed by atoms with Crippen molar-refractivity contribution in [3.63, 3.8) is 0 Å². The van der Waals surface area contributed by atoms with Crippen LogP contribution in [0.15, 0.2) is 24.5 Å². The molecule has 0 aliphatic rings. The zero-order valence-corrected chi connectivity index (χ0v) is 12.1. The standard InChI is InChI=1S/C15H10ClF2N3O/c1-6-8(16)5-21-15-11(6)7(4-20-15)14(22)12-9(17)2-3-10(19)13(12)18/h2-5H,19H2,1H3,(H,20,21). The summed E-state index contributed by atoms with van der Waals surface area (Å²) in [6.45, 7) is 1.70. The first-order valence-electron chi connectivity index (χ1n) is 6.32. The van der Waals surface area contributed by atoms with Gasteiger partial charge in [0.2, 0.25) is 5.78 Å². The quantitative estimate of drug-likeness (QED) is 0.559. The number of rotatable bonds is 2. The van der Waals surface area contributed by atoms with Crippen LogP contribution in [-0.2, 0) is 0 Å². The fourth-order valence-corrected chi connectivity index (χ4v) is 2.47. The Morgan fingerprint density at radius 2 is 2.09 bits per heavy atom. The van der Waals surface area contributed by atoms with Crippen LogP contribution in [0.4, 0.5) is 14.5 Å². The fourth-order valence-electron chi connectivity index (χ4n) is 2.32. The third kappa shape index (κ3) is 2.03. The Labute approximate surface area is 128 Å². The molecule has 0 bridgehead atoms. The third-order valence-electron chi connectivity index (χ3n) is 3.49. The second-order valence-corrected chi connectivity index (χ2v) is 5.22. The Morgan fingerprint density at radius 1 is 1.36 bits per heavy atom. The van der Waals surface area contributed by atoms with Crippen molar-refractivity contribution in [1.29, 1.82) is 0 Å². The lowest BCUT2D eigenvalue weighted by Gasteiger charge is -2.07. The molecular formula is C15H10ClF2N3O. The van der Waals surface area contributed by atoms with Crippen LogP contribution in [0.1, 0.15) is 21.5 Å². The summed E-state index contributed by atoms with van der Waals surface area (Å²) in [5.74, 6) is -2.87. The van der Waals surface area contributed by atoms with Crippen LogP contribution in [0, 0.1) is 18.6 Å². The van der Waals surface area contributed by atoms with E-state index in [1.165, 1.54) is 12.4 Å². The smallest absolute Gasteiger partial charge is 0.201 e. The normalized spacial score (nSPS) is 11.1. The molecule has 112 valence electrons. The van der Waals surface area contributed by atoms with Crippen molar-refractivity contribution in [2.75, 3.05) is 5.73 Å². The number of carbonyl (C=O) groups is 1. The molecule has 1 aromatic carbocycles. The number of aromatic nitrogens is 2. The molecule has 0 fully saturated rings. The first-order valence-corrected chi connectivity index (χ1v) is 6.70. The number of aryl methyl sites for hydroxylation is 1. The molecule has 2 heterocycles. The number of hydrogen-bond donors (Lipinski definition) is 2. The molecule has 0 saturated carbocycles. The minimum atomic E-state index is -1.08. The monoisotopic (exact) mass is 321 g/mol. The number of ketones is 1. The van der Waals surface area contributed by atoms with Crippen molar-refractivity contribution >= 4 is 34.1 Å². The van der Waals surface area contributed by atoms with E-state index in [0.717, 1.165) is 12.1 Å². The first kappa shape index (κ1) is 14.5. The molecule has 3 aromatic rings. The highest BCUT2D eigenvalue weighted by Gasteiger charge is 2.24. The lowest BCUT2D eigenvalue weighted by Crippen LogP contribution is -2.09. The van der Waals surface area contributed by atoms with Crippen molar-refractivity contribution in [3.05, 3.63) is 57.9 Å². The zero-order valence-electron chi connectivity index (χ0n) is 11.4. The molecule has 7 heteroatoms. The van der Waals surface area contributed by atoms with E-state index in [0.29, 0.717) is 21.6 Å². The molecule has 4 nitrogen and oxygen atoms in total. The number of anilines is 1. The van der Waals surface area contributed by atoms with E-state index in [4.69, 9.17) is 17.3 Å². The molecular weight excluding hydrogens is 312 g/mol. The highest BCUT2D eigenvalue weighted by molar-refractivity contribution is 6.32. The van der Waals surface area contributed by atoms with Crippen molar-refractivity contribution in [2.24, 2.45) is 0 Å². The van der Waals surface area contributed by atoms with Crippen molar-refractivity contribution in [1.82, 2.24) is 9.97 Å². The maximum atomic E-state index is 14.0. The Balaban J connectivity index is 2.27. The maximum absolute atomic E-state index is 14.0. The van der Waals surface area contributed by atoms with Gasteiger partial charge >= 0.3 is 0 Å². The zero-order chi connectivity index (χ0) is 16.0. The van der Waals surface area contributed by atoms with Crippen LogP contribution in [-0.4, -0.2) is 15.8 Å². The summed E-state index contributed by atoms with van der Waals surface area (Å²) in [5, 5.41) is 0.786. The number of nitrogens with one attached hydrogen (secondary N) is 1. The minimum Gasteiger partial charge on any atom is -0.396 e. The molecule has 0 aliphatic heterocycles. The number of nitrogens with two attached hydrogens (primary N) is 1. The van der Waals surface area contributed by atoms with Gasteiger partial charge in [-0.1, -0.05) is 11.6 Å². The Hall–Kier alpha value is -2.47. The summed E-state index contributed by atoms with van der Waals surface area (Å²) in [6.07, 6.45) is 2.79. The van der Waals surface area contributed by atoms with E-state index in [2.05, 4.69) is 9.97 Å². The fraction of sp³-hybridized carbons (Fsp3) is 0.0667. The van der Waals surface area contributed by atoms with Crippen molar-refractivity contribution in [2.45, 2.75) is 6.92 Å². The molecule has 0 aliphatic carbocycles. The van der Waals surface area contributed by atoms with E-state index < -0.39 is 23.0 Å². The Bertz CT molecular complexity index is 921. The summed E-state index contributed by atoms with van der Waals surface area (Å²) in [6, 6.07) is 2.03. The molecule has 0 radical (unpaired) electrons. The largest absolute Gasteiger partial charge is 0.396 e. The summed E-state index contributed by atoms with van der Waals surface area (Å²) in [5.41, 5.74) is 5.52. The SMILES string of the molecule is Cc1c(Cl)cnc2[nH]cc(C(=O)c3c(F)ccc(N)c3F)c12. The molecule has 0 spiro atoms. The second-order valence-electron chi connectivity index (χ2n) is 4.81. The predicted octanol–water partition coefficient (Wildman–Crippen LogP) is 3.62. The lowest BCUT2D eigenvalue weighted by atomic mass is 10.00. The molecule has 0 amide bonds. The molecule has 2 aromatic heterocycles. The van der Waals surface area contributed by atoms with Gasteiger partial charge in [-0.15, -0.1) is 0 Å². The summed E-state index contributed by atoms with van der Waals surface area (Å²) >= 11 is 6.00. The topological polar surface area (TPSA) is 71.8 Å². The first-order chi connectivity index (χ1) is 10.4. The molecule has 0 unspecified atom stereocenters. The molecule has 3 N–H and O–H groups in total. The number of H-pyrrole nitrogens is 1. The molecule has 3 rings (SSSR count). The van der Waals surface area contributed by atoms with Crippen LogP contribution in [0.3, 0.4) is 0 Å². The summed E-state index contributed by atoms with van der Waals surface area (Å²) in [4.78, 5) is 19.4. The van der Waals surface area contributed by atoms with Gasteiger partial charge in [0.15, 0.2) is 5.82 Å². The lowest BCUT2D eigenvalue weighted by molar-refractivity contribution is 0.103. The van der Waals surface area contributed by atoms with Gasteiger partial charge in [0, 0.05) is 17.8 Å². The maximum Gasteiger partial charge on any atom is 0.201 e. The third-order valence-corrected chi connectivity index (χ3v) is 3.87. The number of benzene rings is 1. The number of aromatic amines is 1. The average Bonchev–Trinajstić information content (AvgIpc) is 2.92. The van der Waals surface area contributed by atoms with Crippen LogP contribution < -0.4 is 5.73 Å². The van der Waals surface area contributed by atoms with Gasteiger partial charge in [-0.25, -0.2) is 13.8 Å². The average molecular weight is 322 g/mol. The van der Waals surface area contributed by atoms with Gasteiger partial charge in [-0.05, 0) is 24.6 Å². The van der Waals surface area contributed by atoms with Gasteiger partial charge in [0.1, 0.15) is 11.5 Å². The highest BCUT2D eigenvalue weighted by atomic mass is 35.5. The molecule has 0 atom stereocenters. The number of fused-ring (bicyclic) bond motifs is 1. The van der Waals surface area contributed by atoms with Gasteiger partial charge in [0.05, 0.1) is 21.8 Å². The van der Waals surface area contributed by atoms with Gasteiger partial charge in [0.25, 0.3) is 0 Å². The van der Waals surface area contributed by atoms with Crippen LogP contribution in [0.5, 0.6) is 0 Å². The molecule has 0 saturated heterocycles. The van der Waals surface area contributed by atoms with Crippen LogP contribution in [0.2, 0.25) is 5.02 Å². The summed E-state index contributed by atoms with van der Waals surface area (Å²) in [7, 11) is 0. The van der Waals surface area contributed by atoms with Crippen molar-refractivity contribution < 1.29 is 13.6 Å². The predicted molar refractivity (Wildman–Crippen MR) is 80.0 cm³/mol. The second kappa shape index (κ2) is 5.06. The Morgan fingerprint density at radius 3 is 2.82 bits per heavy atom. The Kier molecular flexibility index (Phi) is 3.33. The number of halogens is 3. The van der Waals surface area contributed by atoms with Crippen LogP contribution in [0.25, 0.3) is 11.0 Å². The number of pyridine rings is 1. The van der Waals surface area contributed by atoms with E-state index in [1.807, 2.05) is 0 Å². The minimum absolute atomic E-state index is 0.0888.